The molecule has 1 aliphatic rings. The van der Waals surface area contributed by atoms with E-state index in [2.05, 4.69) is 5.32 Å². The van der Waals surface area contributed by atoms with Crippen LogP contribution in [-0.4, -0.2) is 59.3 Å². The molecule has 5 unspecified atom stereocenters. The lowest BCUT2D eigenvalue weighted by molar-refractivity contribution is -0.304. The quantitative estimate of drug-likeness (QED) is 0.270. The van der Waals surface area contributed by atoms with E-state index < -0.39 is 60.1 Å². The van der Waals surface area contributed by atoms with E-state index in [0.717, 1.165) is 35.3 Å². The number of pyridine rings is 1. The second-order valence-electron chi connectivity index (χ2n) is 10.1. The predicted molar refractivity (Wildman–Crippen MR) is 156 cm³/mol. The molecule has 0 aliphatic carbocycles. The smallest absolute Gasteiger partial charge is 0.303 e. The third-order valence-corrected chi connectivity index (χ3v) is 6.77. The van der Waals surface area contributed by atoms with Gasteiger partial charge in [-0.2, -0.15) is 0 Å². The van der Waals surface area contributed by atoms with Gasteiger partial charge in [0, 0.05) is 33.4 Å². The summed E-state index contributed by atoms with van der Waals surface area (Å²) in [5.74, 6) is -2.83. The van der Waals surface area contributed by atoms with E-state index in [9.17, 15) is 24.0 Å². The molecule has 44 heavy (non-hydrogen) atoms. The lowest BCUT2D eigenvalue weighted by Gasteiger charge is -2.43. The van der Waals surface area contributed by atoms with Crippen LogP contribution in [0.15, 0.2) is 77.6 Å². The molecule has 2 aromatic carbocycles. The Morgan fingerprint density at radius 2 is 1.34 bits per heavy atom. The molecule has 0 saturated carbocycles. The van der Waals surface area contributed by atoms with Crippen molar-refractivity contribution >= 4 is 23.8 Å². The van der Waals surface area contributed by atoms with Crippen LogP contribution in [0, 0.1) is 0 Å². The Labute approximate surface area is 253 Å². The highest BCUT2D eigenvalue weighted by molar-refractivity contribution is 5.92. The van der Waals surface area contributed by atoms with Gasteiger partial charge in [-0.1, -0.05) is 67.6 Å². The van der Waals surface area contributed by atoms with E-state index in [0.29, 0.717) is 0 Å². The predicted octanol–water partition coefficient (Wildman–Crippen LogP) is 2.80. The molecule has 0 radical (unpaired) electrons. The Hall–Kier alpha value is -4.97. The van der Waals surface area contributed by atoms with E-state index in [-0.39, 0.29) is 18.7 Å². The van der Waals surface area contributed by atoms with E-state index in [1.165, 1.54) is 25.1 Å². The minimum absolute atomic E-state index is 0.156. The first-order valence-corrected chi connectivity index (χ1v) is 14.1. The topological polar surface area (TPSA) is 148 Å². The van der Waals surface area contributed by atoms with E-state index >= 15 is 0 Å². The van der Waals surface area contributed by atoms with Gasteiger partial charge in [0.05, 0.1) is 0 Å². The third kappa shape index (κ3) is 7.90. The Morgan fingerprint density at radius 1 is 0.750 bits per heavy atom. The molecule has 1 fully saturated rings. The number of carbonyl (C=O) groups is 4. The third-order valence-electron chi connectivity index (χ3n) is 6.77. The highest BCUT2D eigenvalue weighted by Crippen LogP contribution is 2.30. The van der Waals surface area contributed by atoms with Crippen molar-refractivity contribution in [2.45, 2.75) is 71.4 Å². The average molecular weight is 607 g/mol. The van der Waals surface area contributed by atoms with Crippen molar-refractivity contribution < 1.29 is 43.0 Å². The molecule has 1 aromatic heterocycles. The van der Waals surface area contributed by atoms with Crippen molar-refractivity contribution in [2.24, 2.45) is 0 Å². The second kappa shape index (κ2) is 14.5. The van der Waals surface area contributed by atoms with Gasteiger partial charge in [0.2, 0.25) is 6.10 Å². The summed E-state index contributed by atoms with van der Waals surface area (Å²) in [5, 5.41) is 2.77. The number of nitrogens with one attached hydrogen (secondary N) is 1. The summed E-state index contributed by atoms with van der Waals surface area (Å²) in [7, 11) is 0. The Morgan fingerprint density at radius 3 is 1.95 bits per heavy atom. The molecule has 0 bridgehead atoms. The zero-order valence-corrected chi connectivity index (χ0v) is 24.8. The number of carbonyl (C=O) groups excluding carboxylic acids is 4. The van der Waals surface area contributed by atoms with Gasteiger partial charge >= 0.3 is 17.9 Å². The average Bonchev–Trinajstić information content (AvgIpc) is 2.99. The van der Waals surface area contributed by atoms with Gasteiger partial charge in [-0.05, 0) is 29.2 Å². The van der Waals surface area contributed by atoms with Crippen LogP contribution in [-0.2, 0) is 39.9 Å². The van der Waals surface area contributed by atoms with E-state index in [1.54, 1.807) is 6.92 Å². The SMILES string of the molecule is CCC1OC(On2c(C(=O)NCc3ccc(-c4ccccc4)cc3)cccc2=O)C(OC(C)=O)C(OC(C)=O)C1OC(C)=O. The van der Waals surface area contributed by atoms with Crippen LogP contribution >= 0.6 is 0 Å². The van der Waals surface area contributed by atoms with Crippen molar-refractivity contribution in [3.05, 3.63) is 94.4 Å². The van der Waals surface area contributed by atoms with Crippen molar-refractivity contribution in [3.63, 3.8) is 0 Å². The van der Waals surface area contributed by atoms with Crippen LogP contribution in [0.4, 0.5) is 0 Å². The highest BCUT2D eigenvalue weighted by Gasteiger charge is 2.53. The van der Waals surface area contributed by atoms with Gasteiger partial charge in [-0.25, -0.2) is 0 Å². The molecule has 3 aromatic rings. The maximum absolute atomic E-state index is 13.3. The number of amides is 1. The normalized spacial score (nSPS) is 21.0. The molecular formula is C32H34N2O10. The van der Waals surface area contributed by atoms with E-state index in [4.69, 9.17) is 23.8 Å². The van der Waals surface area contributed by atoms with Gasteiger partial charge in [0.1, 0.15) is 11.8 Å². The zero-order valence-electron chi connectivity index (χ0n) is 24.8. The largest absolute Gasteiger partial charge is 0.456 e. The summed E-state index contributed by atoms with van der Waals surface area (Å²) >= 11 is 0. The first-order chi connectivity index (χ1) is 21.1. The van der Waals surface area contributed by atoms with Crippen molar-refractivity contribution in [1.29, 1.82) is 0 Å². The number of rotatable bonds is 10. The fourth-order valence-corrected chi connectivity index (χ4v) is 4.84. The molecule has 12 nitrogen and oxygen atoms in total. The minimum atomic E-state index is -1.53. The Kier molecular flexibility index (Phi) is 10.5. The maximum atomic E-state index is 13.3. The Balaban J connectivity index is 1.57. The first kappa shape index (κ1) is 32.0. The summed E-state index contributed by atoms with van der Waals surface area (Å²) in [6.45, 7) is 5.32. The number of hydrogen-bond acceptors (Lipinski definition) is 10. The minimum Gasteiger partial charge on any atom is -0.456 e. The van der Waals surface area contributed by atoms with Crippen LogP contribution in [0.5, 0.6) is 0 Å². The van der Waals surface area contributed by atoms with Crippen LogP contribution in [0.1, 0.15) is 50.2 Å². The summed E-state index contributed by atoms with van der Waals surface area (Å²) in [5.41, 5.74) is 2.03. The van der Waals surface area contributed by atoms with Crippen LogP contribution < -0.4 is 15.7 Å². The molecule has 1 aliphatic heterocycles. The number of hydrogen-bond donors (Lipinski definition) is 1. The molecule has 12 heteroatoms. The maximum Gasteiger partial charge on any atom is 0.303 e. The molecule has 4 rings (SSSR count). The lowest BCUT2D eigenvalue weighted by Crippen LogP contribution is -2.64. The number of nitrogens with zero attached hydrogens (tertiary/aromatic N) is 1. The van der Waals surface area contributed by atoms with Crippen molar-refractivity contribution in [2.75, 3.05) is 0 Å². The number of aromatic nitrogens is 1. The van der Waals surface area contributed by atoms with Gasteiger partial charge in [-0.15, -0.1) is 4.73 Å². The molecule has 0 spiro atoms. The fourth-order valence-electron chi connectivity index (χ4n) is 4.84. The van der Waals surface area contributed by atoms with Crippen molar-refractivity contribution in [3.8, 4) is 11.1 Å². The van der Waals surface area contributed by atoms with Crippen LogP contribution in [0.3, 0.4) is 0 Å². The van der Waals surface area contributed by atoms with Gasteiger partial charge in [-0.3, -0.25) is 24.0 Å². The summed E-state index contributed by atoms with van der Waals surface area (Å²) in [6.07, 6.45) is -6.08. The number of ether oxygens (including phenoxy) is 4. The molecular weight excluding hydrogens is 572 g/mol. The van der Waals surface area contributed by atoms with Gasteiger partial charge in [0.25, 0.3) is 17.8 Å². The number of esters is 3. The lowest BCUT2D eigenvalue weighted by atomic mass is 9.96. The standard InChI is InChI=1S/C32H34N2O10/c1-5-26-28(40-19(2)35)29(41-20(3)36)30(42-21(4)37)32(43-26)44-34-25(12-9-13-27(34)38)31(39)33-18-22-14-16-24(17-15-22)23-10-7-6-8-11-23/h6-17,26,28-30,32H,5,18H2,1-4H3,(H,33,39). The summed E-state index contributed by atoms with van der Waals surface area (Å²) in [4.78, 5) is 68.1. The molecule has 232 valence electrons. The van der Waals surface area contributed by atoms with E-state index in [1.807, 2.05) is 54.6 Å². The van der Waals surface area contributed by atoms with Crippen LogP contribution in [0.25, 0.3) is 11.1 Å². The highest BCUT2D eigenvalue weighted by atomic mass is 16.8. The first-order valence-electron chi connectivity index (χ1n) is 14.1. The Bertz CT molecular complexity index is 1540. The summed E-state index contributed by atoms with van der Waals surface area (Å²) in [6, 6.07) is 21.5. The molecule has 1 saturated heterocycles. The van der Waals surface area contributed by atoms with Crippen LogP contribution in [0.2, 0.25) is 0 Å². The molecule has 2 heterocycles. The molecule has 1 N–H and O–H groups in total. The molecule has 5 atom stereocenters. The monoisotopic (exact) mass is 606 g/mol. The number of benzene rings is 2. The summed E-state index contributed by atoms with van der Waals surface area (Å²) < 4.78 is 22.9. The van der Waals surface area contributed by atoms with Gasteiger partial charge < -0.3 is 29.1 Å². The van der Waals surface area contributed by atoms with Crippen molar-refractivity contribution in [1.82, 2.24) is 10.0 Å². The zero-order chi connectivity index (χ0) is 31.8. The van der Waals surface area contributed by atoms with Gasteiger partial charge in [0.15, 0.2) is 12.2 Å². The second-order valence-corrected chi connectivity index (χ2v) is 10.1. The fraction of sp³-hybridized carbons (Fsp3) is 0.344. The molecule has 1 amide bonds.